The van der Waals surface area contributed by atoms with Crippen LogP contribution in [-0.2, 0) is 9.59 Å². The number of benzene rings is 2. The van der Waals surface area contributed by atoms with Gasteiger partial charge in [-0.1, -0.05) is 18.2 Å². The Balaban J connectivity index is 1.52. The zero-order valence-corrected chi connectivity index (χ0v) is 17.6. The number of thioether (sulfide) groups is 2. The van der Waals surface area contributed by atoms with E-state index in [2.05, 4.69) is 35.8 Å². The van der Waals surface area contributed by atoms with Gasteiger partial charge in [0.15, 0.2) is 0 Å². The van der Waals surface area contributed by atoms with Gasteiger partial charge in [-0.2, -0.15) is 0 Å². The highest BCUT2D eigenvalue weighted by molar-refractivity contribution is 8.00. The van der Waals surface area contributed by atoms with Crippen molar-refractivity contribution >= 4 is 41.0 Å². The maximum Gasteiger partial charge on any atom is 0.233 e. The number of anilines is 1. The lowest BCUT2D eigenvalue weighted by molar-refractivity contribution is -0.128. The molecule has 0 bridgehead atoms. The Morgan fingerprint density at radius 2 is 2.07 bits per heavy atom. The highest BCUT2D eigenvalue weighted by atomic mass is 32.2. The van der Waals surface area contributed by atoms with Crippen LogP contribution in [0.1, 0.15) is 24.3 Å². The van der Waals surface area contributed by atoms with Crippen molar-refractivity contribution in [1.82, 2.24) is 4.90 Å². The Kier molecular flexibility index (Phi) is 7.28. The van der Waals surface area contributed by atoms with Crippen molar-refractivity contribution in [1.29, 1.82) is 0 Å². The quantitative estimate of drug-likeness (QED) is 0.510. The summed E-state index contributed by atoms with van der Waals surface area (Å²) in [5.41, 5.74) is 1.88. The number of hydrogen-bond donors (Lipinski definition) is 1. The number of ether oxygens (including phenoxy) is 1. The molecule has 2 aromatic carbocycles. The molecule has 2 amide bonds. The number of carbonyl (C=O) groups excluding carboxylic acids is 2. The summed E-state index contributed by atoms with van der Waals surface area (Å²) < 4.78 is 5.80. The number of amides is 2. The van der Waals surface area contributed by atoms with E-state index in [1.165, 1.54) is 11.8 Å². The first-order chi connectivity index (χ1) is 13.6. The molecule has 28 heavy (non-hydrogen) atoms. The van der Waals surface area contributed by atoms with Crippen LogP contribution in [0.15, 0.2) is 53.4 Å². The average molecular weight is 417 g/mol. The summed E-state index contributed by atoms with van der Waals surface area (Å²) in [6.07, 6.45) is 2.80. The Bertz CT molecular complexity index is 827. The third-order valence-corrected chi connectivity index (χ3v) is 6.34. The minimum absolute atomic E-state index is 0.0755. The molecule has 1 fully saturated rings. The second-order valence-corrected chi connectivity index (χ2v) is 8.38. The average Bonchev–Trinajstić information content (AvgIpc) is 3.05. The van der Waals surface area contributed by atoms with Crippen LogP contribution in [0.25, 0.3) is 0 Å². The summed E-state index contributed by atoms with van der Waals surface area (Å²) >= 11 is 3.39. The van der Waals surface area contributed by atoms with E-state index in [9.17, 15) is 9.59 Å². The van der Waals surface area contributed by atoms with Gasteiger partial charge in [-0.3, -0.25) is 9.59 Å². The van der Waals surface area contributed by atoms with Crippen molar-refractivity contribution in [2.45, 2.75) is 23.6 Å². The summed E-state index contributed by atoms with van der Waals surface area (Å²) in [4.78, 5) is 26.6. The normalized spacial score (nSPS) is 16.3. The van der Waals surface area contributed by atoms with Gasteiger partial charge in [-0.25, -0.2) is 0 Å². The van der Waals surface area contributed by atoms with E-state index in [1.807, 2.05) is 23.1 Å². The molecule has 1 atom stereocenters. The second kappa shape index (κ2) is 9.89. The van der Waals surface area contributed by atoms with Crippen LogP contribution in [0.2, 0.25) is 0 Å². The number of carbonyl (C=O) groups is 2. The van der Waals surface area contributed by atoms with E-state index in [-0.39, 0.29) is 17.2 Å². The number of rotatable bonds is 8. The molecule has 2 aromatic rings. The lowest BCUT2D eigenvalue weighted by Crippen LogP contribution is -2.30. The third kappa shape index (κ3) is 5.45. The molecule has 0 aliphatic carbocycles. The van der Waals surface area contributed by atoms with Crippen molar-refractivity contribution < 1.29 is 14.3 Å². The molecule has 0 saturated carbocycles. The molecule has 1 aliphatic rings. The molecule has 1 saturated heterocycles. The fourth-order valence-corrected chi connectivity index (χ4v) is 4.66. The highest BCUT2D eigenvalue weighted by Crippen LogP contribution is 2.39. The van der Waals surface area contributed by atoms with Crippen LogP contribution in [-0.4, -0.2) is 41.9 Å². The molecule has 0 radical (unpaired) electrons. The highest BCUT2D eigenvalue weighted by Gasteiger charge is 2.32. The zero-order valence-electron chi connectivity index (χ0n) is 16.0. The fourth-order valence-electron chi connectivity index (χ4n) is 3.03. The van der Waals surface area contributed by atoms with Crippen molar-refractivity contribution in [3.05, 3.63) is 54.1 Å². The Hall–Kier alpha value is -2.12. The smallest absolute Gasteiger partial charge is 0.233 e. The van der Waals surface area contributed by atoms with E-state index in [4.69, 9.17) is 4.74 Å². The first-order valence-corrected chi connectivity index (χ1v) is 11.4. The van der Waals surface area contributed by atoms with E-state index >= 15 is 0 Å². The van der Waals surface area contributed by atoms with E-state index in [0.717, 1.165) is 12.0 Å². The van der Waals surface area contributed by atoms with Crippen molar-refractivity contribution in [2.75, 3.05) is 30.5 Å². The lowest BCUT2D eigenvalue weighted by Gasteiger charge is -2.24. The largest absolute Gasteiger partial charge is 0.493 e. The van der Waals surface area contributed by atoms with Gasteiger partial charge in [-0.15, -0.1) is 23.5 Å². The minimum Gasteiger partial charge on any atom is -0.493 e. The molecule has 7 heteroatoms. The van der Waals surface area contributed by atoms with Crippen LogP contribution >= 0.6 is 23.5 Å². The van der Waals surface area contributed by atoms with Crippen LogP contribution in [0.3, 0.4) is 0 Å². The summed E-state index contributed by atoms with van der Waals surface area (Å²) in [6, 6.07) is 15.8. The van der Waals surface area contributed by atoms with Gasteiger partial charge >= 0.3 is 0 Å². The molecule has 148 valence electrons. The molecule has 0 spiro atoms. The molecule has 1 N–H and O–H groups in total. The van der Waals surface area contributed by atoms with Gasteiger partial charge in [0.2, 0.25) is 11.8 Å². The molecule has 1 heterocycles. The summed E-state index contributed by atoms with van der Waals surface area (Å²) in [6.45, 7) is 2.64. The van der Waals surface area contributed by atoms with Gasteiger partial charge in [0, 0.05) is 30.1 Å². The summed E-state index contributed by atoms with van der Waals surface area (Å²) in [5, 5.41) is 2.82. The molecule has 3 rings (SSSR count). The van der Waals surface area contributed by atoms with Crippen molar-refractivity contribution in [3.8, 4) is 5.75 Å². The maximum absolute atomic E-state index is 12.3. The van der Waals surface area contributed by atoms with Gasteiger partial charge in [0.1, 0.15) is 11.1 Å². The van der Waals surface area contributed by atoms with Crippen LogP contribution < -0.4 is 10.1 Å². The lowest BCUT2D eigenvalue weighted by atomic mass is 10.2. The summed E-state index contributed by atoms with van der Waals surface area (Å²) in [7, 11) is 0. The predicted molar refractivity (Wildman–Crippen MR) is 116 cm³/mol. The van der Waals surface area contributed by atoms with Gasteiger partial charge in [-0.05, 0) is 42.5 Å². The van der Waals surface area contributed by atoms with Gasteiger partial charge in [0.05, 0.1) is 12.4 Å². The van der Waals surface area contributed by atoms with Crippen molar-refractivity contribution in [2.24, 2.45) is 0 Å². The number of nitrogens with zero attached hydrogens (tertiary/aromatic N) is 1. The fraction of sp³-hybridized carbons (Fsp3) is 0.333. The maximum atomic E-state index is 12.3. The van der Waals surface area contributed by atoms with Crippen LogP contribution in [0.5, 0.6) is 5.75 Å². The predicted octanol–water partition coefficient (Wildman–Crippen LogP) is 4.41. The topological polar surface area (TPSA) is 58.6 Å². The Labute approximate surface area is 174 Å². The first-order valence-electron chi connectivity index (χ1n) is 9.12. The SMILES string of the molecule is CSc1ccc(C2SCC(=O)N2CCCOc2cccc(NC(C)=O)c2)cc1. The third-order valence-electron chi connectivity index (χ3n) is 4.34. The number of hydrogen-bond acceptors (Lipinski definition) is 5. The number of nitrogens with one attached hydrogen (secondary N) is 1. The second-order valence-electron chi connectivity index (χ2n) is 6.43. The minimum atomic E-state index is -0.112. The molecule has 1 aliphatic heterocycles. The molecule has 5 nitrogen and oxygen atoms in total. The monoisotopic (exact) mass is 416 g/mol. The van der Waals surface area contributed by atoms with E-state index < -0.39 is 0 Å². The molecular formula is C21H24N2O3S2. The van der Waals surface area contributed by atoms with Crippen LogP contribution in [0, 0.1) is 0 Å². The Morgan fingerprint density at radius 3 is 2.79 bits per heavy atom. The molecule has 0 aromatic heterocycles. The van der Waals surface area contributed by atoms with Gasteiger partial charge in [0.25, 0.3) is 0 Å². The van der Waals surface area contributed by atoms with E-state index in [1.54, 1.807) is 29.6 Å². The van der Waals surface area contributed by atoms with Crippen LogP contribution in [0.4, 0.5) is 5.69 Å². The molecular weight excluding hydrogens is 392 g/mol. The standard InChI is InChI=1S/C21H24N2O3S2/c1-15(24)22-17-5-3-6-18(13-17)26-12-4-11-23-20(25)14-28-21(23)16-7-9-19(27-2)10-8-16/h3,5-10,13,21H,4,11-12,14H2,1-2H3,(H,22,24). The Morgan fingerprint density at radius 1 is 1.29 bits per heavy atom. The van der Waals surface area contributed by atoms with Crippen molar-refractivity contribution in [3.63, 3.8) is 0 Å². The molecule has 1 unspecified atom stereocenters. The summed E-state index contributed by atoms with van der Waals surface area (Å²) in [5.74, 6) is 1.29. The zero-order chi connectivity index (χ0) is 19.9. The van der Waals surface area contributed by atoms with E-state index in [0.29, 0.717) is 30.3 Å². The first kappa shape index (κ1) is 20.6. The van der Waals surface area contributed by atoms with Gasteiger partial charge < -0.3 is 15.0 Å².